The summed E-state index contributed by atoms with van der Waals surface area (Å²) in [7, 11) is 3.11. The van der Waals surface area contributed by atoms with Crippen LogP contribution in [0.5, 0.6) is 17.2 Å². The number of hydrogen-bond acceptors (Lipinski definition) is 5. The van der Waals surface area contributed by atoms with E-state index in [1.54, 1.807) is 45.4 Å². The van der Waals surface area contributed by atoms with Gasteiger partial charge in [-0.3, -0.25) is 4.79 Å². The molecule has 6 heteroatoms. The lowest BCUT2D eigenvalue weighted by Gasteiger charge is -2.09. The van der Waals surface area contributed by atoms with Gasteiger partial charge in [0.25, 0.3) is 5.91 Å². The van der Waals surface area contributed by atoms with Gasteiger partial charge in [0.1, 0.15) is 5.75 Å². The van der Waals surface area contributed by atoms with Crippen LogP contribution in [0.1, 0.15) is 22.8 Å². The fraction of sp³-hybridized carbons (Fsp3) is 0.176. The summed E-state index contributed by atoms with van der Waals surface area (Å²) in [4.78, 5) is 12.0. The molecule has 0 saturated carbocycles. The van der Waals surface area contributed by atoms with Crippen LogP contribution in [-0.4, -0.2) is 30.9 Å². The zero-order valence-electron chi connectivity index (χ0n) is 13.2. The zero-order valence-corrected chi connectivity index (χ0v) is 13.2. The van der Waals surface area contributed by atoms with Crippen molar-refractivity contribution in [3.63, 3.8) is 0 Å². The van der Waals surface area contributed by atoms with Crippen LogP contribution < -0.4 is 14.9 Å². The molecule has 0 aromatic heterocycles. The molecule has 0 heterocycles. The highest BCUT2D eigenvalue weighted by Crippen LogP contribution is 2.27. The van der Waals surface area contributed by atoms with Crippen molar-refractivity contribution in [1.29, 1.82) is 0 Å². The largest absolute Gasteiger partial charge is 0.507 e. The molecular weight excluding hydrogens is 296 g/mol. The lowest BCUT2D eigenvalue weighted by atomic mass is 10.1. The van der Waals surface area contributed by atoms with Crippen molar-refractivity contribution in [2.24, 2.45) is 5.10 Å². The number of nitrogens with zero attached hydrogens (tertiary/aromatic N) is 1. The highest BCUT2D eigenvalue weighted by atomic mass is 16.5. The van der Waals surface area contributed by atoms with E-state index in [-0.39, 0.29) is 11.3 Å². The number of hydrogen-bond donors (Lipinski definition) is 2. The number of nitrogens with one attached hydrogen (secondary N) is 1. The van der Waals surface area contributed by atoms with Crippen molar-refractivity contribution in [2.75, 3.05) is 14.2 Å². The van der Waals surface area contributed by atoms with Crippen LogP contribution in [0, 0.1) is 0 Å². The average molecular weight is 314 g/mol. The quantitative estimate of drug-likeness (QED) is 0.656. The van der Waals surface area contributed by atoms with Crippen molar-refractivity contribution in [3.05, 3.63) is 53.6 Å². The number of carbonyl (C=O) groups excluding carboxylic acids is 1. The van der Waals surface area contributed by atoms with Gasteiger partial charge in [-0.1, -0.05) is 12.1 Å². The zero-order chi connectivity index (χ0) is 16.8. The van der Waals surface area contributed by atoms with E-state index in [2.05, 4.69) is 10.5 Å². The number of phenolic OH excluding ortho intramolecular Hbond substituents is 1. The molecule has 0 bridgehead atoms. The van der Waals surface area contributed by atoms with E-state index in [1.807, 2.05) is 6.07 Å². The van der Waals surface area contributed by atoms with E-state index < -0.39 is 5.91 Å². The van der Waals surface area contributed by atoms with Gasteiger partial charge in [-0.25, -0.2) is 5.43 Å². The molecule has 0 aliphatic rings. The van der Waals surface area contributed by atoms with E-state index in [9.17, 15) is 9.90 Å². The Hall–Kier alpha value is -3.02. The van der Waals surface area contributed by atoms with Gasteiger partial charge in [0.05, 0.1) is 25.5 Å². The second kappa shape index (κ2) is 7.31. The molecule has 0 fully saturated rings. The third-order valence-electron chi connectivity index (χ3n) is 3.28. The standard InChI is InChI=1S/C17H18N2O4/c1-11(12-8-9-15(22-2)16(10-12)23-3)18-19-17(21)13-6-4-5-7-14(13)20/h4-10,20H,1-3H3,(H,19,21). The molecule has 6 nitrogen and oxygen atoms in total. The van der Waals surface area contributed by atoms with Crippen LogP contribution in [0.3, 0.4) is 0 Å². The molecule has 2 N–H and O–H groups in total. The Kier molecular flexibility index (Phi) is 5.19. The topological polar surface area (TPSA) is 80.2 Å². The maximum Gasteiger partial charge on any atom is 0.275 e. The smallest absolute Gasteiger partial charge is 0.275 e. The number of carbonyl (C=O) groups is 1. The van der Waals surface area contributed by atoms with E-state index in [1.165, 1.54) is 12.1 Å². The average Bonchev–Trinajstić information content (AvgIpc) is 2.59. The third-order valence-corrected chi connectivity index (χ3v) is 3.28. The lowest BCUT2D eigenvalue weighted by Crippen LogP contribution is -2.19. The predicted molar refractivity (Wildman–Crippen MR) is 87.3 cm³/mol. The van der Waals surface area contributed by atoms with Crippen molar-refractivity contribution in [3.8, 4) is 17.2 Å². The number of amides is 1. The van der Waals surface area contributed by atoms with Crippen LogP contribution >= 0.6 is 0 Å². The normalized spacial score (nSPS) is 11.0. The minimum Gasteiger partial charge on any atom is -0.507 e. The predicted octanol–water partition coefficient (Wildman–Crippen LogP) is 2.56. The summed E-state index contributed by atoms with van der Waals surface area (Å²) in [6.45, 7) is 1.76. The van der Waals surface area contributed by atoms with Crippen molar-refractivity contribution in [2.45, 2.75) is 6.92 Å². The summed E-state index contributed by atoms with van der Waals surface area (Å²) in [6.07, 6.45) is 0. The molecule has 2 aromatic carbocycles. The minimum absolute atomic E-state index is 0.0935. The lowest BCUT2D eigenvalue weighted by molar-refractivity contribution is 0.0952. The molecule has 0 unspecified atom stereocenters. The summed E-state index contributed by atoms with van der Waals surface area (Å²) >= 11 is 0. The summed E-state index contributed by atoms with van der Waals surface area (Å²) in [5.41, 5.74) is 3.95. The fourth-order valence-electron chi connectivity index (χ4n) is 1.99. The van der Waals surface area contributed by atoms with Crippen molar-refractivity contribution >= 4 is 11.6 Å². The molecular formula is C17H18N2O4. The maximum absolute atomic E-state index is 12.0. The number of phenols is 1. The Morgan fingerprint density at radius 1 is 1.09 bits per heavy atom. The van der Waals surface area contributed by atoms with E-state index in [0.717, 1.165) is 5.56 Å². The number of hydrazone groups is 1. The molecule has 0 atom stereocenters. The van der Waals surface area contributed by atoms with E-state index in [4.69, 9.17) is 9.47 Å². The summed E-state index contributed by atoms with van der Waals surface area (Å²) < 4.78 is 10.4. The van der Waals surface area contributed by atoms with Gasteiger partial charge in [0.15, 0.2) is 11.5 Å². The summed E-state index contributed by atoms with van der Waals surface area (Å²) in [5.74, 6) is 0.612. The second-order valence-electron chi connectivity index (χ2n) is 4.73. The third kappa shape index (κ3) is 3.79. The number of rotatable bonds is 5. The molecule has 0 radical (unpaired) electrons. The van der Waals surface area contributed by atoms with E-state index in [0.29, 0.717) is 17.2 Å². The van der Waals surface area contributed by atoms with Gasteiger partial charge in [-0.15, -0.1) is 0 Å². The van der Waals surface area contributed by atoms with Crippen molar-refractivity contribution < 1.29 is 19.4 Å². The molecule has 0 aliphatic carbocycles. The number of methoxy groups -OCH3 is 2. The first-order chi connectivity index (χ1) is 11.1. The highest BCUT2D eigenvalue weighted by molar-refractivity contribution is 6.01. The maximum atomic E-state index is 12.0. The van der Waals surface area contributed by atoms with Gasteiger partial charge < -0.3 is 14.6 Å². The van der Waals surface area contributed by atoms with Gasteiger partial charge in [-0.05, 0) is 37.3 Å². The Labute approximate surface area is 134 Å². The number of benzene rings is 2. The molecule has 1 amide bonds. The Bertz CT molecular complexity index is 741. The van der Waals surface area contributed by atoms with Crippen LogP contribution in [-0.2, 0) is 0 Å². The molecule has 0 spiro atoms. The minimum atomic E-state index is -0.483. The number of aromatic hydroxyl groups is 1. The van der Waals surface area contributed by atoms with Gasteiger partial charge in [0.2, 0.25) is 0 Å². The Balaban J connectivity index is 2.17. The molecule has 2 rings (SSSR count). The first-order valence-electron chi connectivity index (χ1n) is 6.92. The first-order valence-corrected chi connectivity index (χ1v) is 6.92. The SMILES string of the molecule is COc1ccc(C(C)=NNC(=O)c2ccccc2O)cc1OC. The summed E-state index contributed by atoms with van der Waals surface area (Å²) in [5, 5.41) is 13.7. The molecule has 120 valence electrons. The van der Waals surface area contributed by atoms with E-state index >= 15 is 0 Å². The highest BCUT2D eigenvalue weighted by Gasteiger charge is 2.10. The monoisotopic (exact) mass is 314 g/mol. The number of para-hydroxylation sites is 1. The van der Waals surface area contributed by atoms with Crippen molar-refractivity contribution in [1.82, 2.24) is 5.43 Å². The number of ether oxygens (including phenoxy) is 2. The first kappa shape index (κ1) is 16.4. The van der Waals surface area contributed by atoms with Gasteiger partial charge >= 0.3 is 0 Å². The summed E-state index contributed by atoms with van der Waals surface area (Å²) in [6, 6.07) is 11.6. The van der Waals surface area contributed by atoms with Crippen LogP contribution in [0.15, 0.2) is 47.6 Å². The molecule has 2 aromatic rings. The second-order valence-corrected chi connectivity index (χ2v) is 4.73. The molecule has 23 heavy (non-hydrogen) atoms. The van der Waals surface area contributed by atoms with Crippen LogP contribution in [0.4, 0.5) is 0 Å². The Morgan fingerprint density at radius 2 is 1.78 bits per heavy atom. The van der Waals surface area contributed by atoms with Gasteiger partial charge in [-0.2, -0.15) is 5.10 Å². The molecule has 0 aliphatic heterocycles. The molecule has 0 saturated heterocycles. The van der Waals surface area contributed by atoms with Crippen LogP contribution in [0.2, 0.25) is 0 Å². The van der Waals surface area contributed by atoms with Crippen LogP contribution in [0.25, 0.3) is 0 Å². The van der Waals surface area contributed by atoms with Gasteiger partial charge in [0, 0.05) is 5.56 Å². The Morgan fingerprint density at radius 3 is 2.43 bits per heavy atom. The fourth-order valence-corrected chi connectivity index (χ4v) is 1.99.